The minimum absolute atomic E-state index is 0.208. The SMILES string of the molecule is CCC1OCCC(C)CC1(C(=O)OC)C(=O)OC. The Morgan fingerprint density at radius 1 is 1.28 bits per heavy atom. The molecule has 0 radical (unpaired) electrons. The largest absolute Gasteiger partial charge is 0.468 e. The second-order valence-corrected chi connectivity index (χ2v) is 4.82. The van der Waals surface area contributed by atoms with Crippen molar-refractivity contribution in [3.05, 3.63) is 0 Å². The third-order valence-electron chi connectivity index (χ3n) is 3.62. The molecule has 5 nitrogen and oxygen atoms in total. The maximum atomic E-state index is 12.2. The lowest BCUT2D eigenvalue weighted by Gasteiger charge is -2.34. The van der Waals surface area contributed by atoms with Crippen LogP contribution >= 0.6 is 0 Å². The second kappa shape index (κ2) is 6.18. The smallest absolute Gasteiger partial charge is 0.325 e. The first kappa shape index (κ1) is 15.0. The average molecular weight is 258 g/mol. The highest BCUT2D eigenvalue weighted by atomic mass is 16.6. The molecule has 104 valence electrons. The van der Waals surface area contributed by atoms with Crippen molar-refractivity contribution in [2.45, 2.75) is 39.2 Å². The molecule has 0 aliphatic carbocycles. The van der Waals surface area contributed by atoms with Crippen molar-refractivity contribution in [3.8, 4) is 0 Å². The molecular formula is C13H22O5. The van der Waals surface area contributed by atoms with Crippen LogP contribution in [0, 0.1) is 11.3 Å². The van der Waals surface area contributed by atoms with Crippen LogP contribution in [-0.2, 0) is 23.8 Å². The minimum Gasteiger partial charge on any atom is -0.468 e. The summed E-state index contributed by atoms with van der Waals surface area (Å²) in [5.41, 5.74) is -1.33. The van der Waals surface area contributed by atoms with E-state index in [-0.39, 0.29) is 5.92 Å². The summed E-state index contributed by atoms with van der Waals surface area (Å²) in [7, 11) is 2.57. The van der Waals surface area contributed by atoms with Gasteiger partial charge in [-0.1, -0.05) is 13.8 Å². The van der Waals surface area contributed by atoms with Crippen molar-refractivity contribution in [1.82, 2.24) is 0 Å². The Balaban J connectivity index is 3.22. The van der Waals surface area contributed by atoms with Gasteiger partial charge in [0.15, 0.2) is 5.41 Å². The molecule has 0 N–H and O–H groups in total. The molecular weight excluding hydrogens is 236 g/mol. The number of rotatable bonds is 3. The van der Waals surface area contributed by atoms with E-state index in [2.05, 4.69) is 0 Å². The van der Waals surface area contributed by atoms with E-state index in [9.17, 15) is 9.59 Å². The number of hydrogen-bond donors (Lipinski definition) is 0. The molecule has 1 fully saturated rings. The third kappa shape index (κ3) is 2.51. The second-order valence-electron chi connectivity index (χ2n) is 4.82. The third-order valence-corrected chi connectivity index (χ3v) is 3.62. The van der Waals surface area contributed by atoms with E-state index >= 15 is 0 Å². The zero-order valence-corrected chi connectivity index (χ0v) is 11.5. The fourth-order valence-corrected chi connectivity index (χ4v) is 2.68. The number of hydrogen-bond acceptors (Lipinski definition) is 5. The van der Waals surface area contributed by atoms with Crippen molar-refractivity contribution in [1.29, 1.82) is 0 Å². The summed E-state index contributed by atoms with van der Waals surface area (Å²) in [5, 5.41) is 0. The Labute approximate surface area is 108 Å². The lowest BCUT2D eigenvalue weighted by Crippen LogP contribution is -2.51. The first-order valence-electron chi connectivity index (χ1n) is 6.31. The molecule has 2 atom stereocenters. The Bertz CT molecular complexity index is 297. The number of carbonyl (C=O) groups is 2. The van der Waals surface area contributed by atoms with Crippen molar-refractivity contribution < 1.29 is 23.8 Å². The van der Waals surface area contributed by atoms with E-state index in [4.69, 9.17) is 14.2 Å². The van der Waals surface area contributed by atoms with Crippen LogP contribution < -0.4 is 0 Å². The van der Waals surface area contributed by atoms with Crippen LogP contribution in [0.3, 0.4) is 0 Å². The maximum absolute atomic E-state index is 12.2. The van der Waals surface area contributed by atoms with Gasteiger partial charge in [0.2, 0.25) is 0 Å². The fraction of sp³-hybridized carbons (Fsp3) is 0.846. The maximum Gasteiger partial charge on any atom is 0.325 e. The van der Waals surface area contributed by atoms with Crippen molar-refractivity contribution in [3.63, 3.8) is 0 Å². The van der Waals surface area contributed by atoms with Gasteiger partial charge in [-0.3, -0.25) is 9.59 Å². The van der Waals surface area contributed by atoms with Gasteiger partial charge in [-0.05, 0) is 25.2 Å². The topological polar surface area (TPSA) is 61.8 Å². The van der Waals surface area contributed by atoms with Gasteiger partial charge in [0.05, 0.1) is 20.3 Å². The highest BCUT2D eigenvalue weighted by Gasteiger charge is 2.56. The van der Waals surface area contributed by atoms with Gasteiger partial charge in [0.25, 0.3) is 0 Å². The molecule has 0 aromatic carbocycles. The van der Waals surface area contributed by atoms with Gasteiger partial charge in [-0.15, -0.1) is 0 Å². The zero-order valence-electron chi connectivity index (χ0n) is 11.5. The van der Waals surface area contributed by atoms with Crippen LogP contribution in [0.15, 0.2) is 0 Å². The first-order chi connectivity index (χ1) is 8.52. The Morgan fingerprint density at radius 3 is 2.28 bits per heavy atom. The molecule has 1 heterocycles. The van der Waals surface area contributed by atoms with Crippen molar-refractivity contribution in [2.24, 2.45) is 11.3 Å². The minimum atomic E-state index is -1.33. The Hall–Kier alpha value is -1.10. The summed E-state index contributed by atoms with van der Waals surface area (Å²) in [6.45, 7) is 4.44. The van der Waals surface area contributed by atoms with Crippen LogP contribution in [0.25, 0.3) is 0 Å². The summed E-state index contributed by atoms with van der Waals surface area (Å²) >= 11 is 0. The molecule has 0 aromatic rings. The standard InChI is InChI=1S/C13H22O5/c1-5-10-13(11(14)16-3,12(15)17-4)8-9(2)6-7-18-10/h9-10H,5-8H2,1-4H3. The van der Waals surface area contributed by atoms with E-state index in [1.54, 1.807) is 0 Å². The highest BCUT2D eigenvalue weighted by Crippen LogP contribution is 2.40. The molecule has 0 spiro atoms. The van der Waals surface area contributed by atoms with E-state index in [0.717, 1.165) is 6.42 Å². The summed E-state index contributed by atoms with van der Waals surface area (Å²) in [5.74, 6) is -0.912. The van der Waals surface area contributed by atoms with Gasteiger partial charge in [0.1, 0.15) is 0 Å². The van der Waals surface area contributed by atoms with Gasteiger partial charge >= 0.3 is 11.9 Å². The summed E-state index contributed by atoms with van der Waals surface area (Å²) in [6, 6.07) is 0. The molecule has 1 aliphatic heterocycles. The molecule has 2 unspecified atom stereocenters. The lowest BCUT2D eigenvalue weighted by molar-refractivity contribution is -0.181. The van der Waals surface area contributed by atoms with Crippen molar-refractivity contribution in [2.75, 3.05) is 20.8 Å². The van der Waals surface area contributed by atoms with Crippen LogP contribution in [0.4, 0.5) is 0 Å². The van der Waals surface area contributed by atoms with E-state index in [0.29, 0.717) is 19.4 Å². The molecule has 1 rings (SSSR count). The van der Waals surface area contributed by atoms with E-state index < -0.39 is 23.5 Å². The molecule has 0 saturated carbocycles. The molecule has 18 heavy (non-hydrogen) atoms. The molecule has 0 aromatic heterocycles. The average Bonchev–Trinajstić information content (AvgIpc) is 2.56. The molecule has 0 amide bonds. The van der Waals surface area contributed by atoms with Crippen molar-refractivity contribution >= 4 is 11.9 Å². The predicted molar refractivity (Wildman–Crippen MR) is 64.9 cm³/mol. The number of methoxy groups -OCH3 is 2. The highest BCUT2D eigenvalue weighted by molar-refractivity contribution is 6.00. The summed E-state index contributed by atoms with van der Waals surface area (Å²) in [4.78, 5) is 24.3. The molecule has 1 aliphatic rings. The Kier molecular flexibility index (Phi) is 5.14. The van der Waals surface area contributed by atoms with Crippen LogP contribution in [0.5, 0.6) is 0 Å². The number of carbonyl (C=O) groups excluding carboxylic acids is 2. The monoisotopic (exact) mass is 258 g/mol. The zero-order chi connectivity index (χ0) is 13.8. The van der Waals surface area contributed by atoms with Crippen LogP contribution in [0.2, 0.25) is 0 Å². The Morgan fingerprint density at radius 2 is 1.83 bits per heavy atom. The summed E-state index contributed by atoms with van der Waals surface area (Å²) < 4.78 is 15.3. The van der Waals surface area contributed by atoms with Crippen LogP contribution in [0.1, 0.15) is 33.1 Å². The number of ether oxygens (including phenoxy) is 3. The summed E-state index contributed by atoms with van der Waals surface area (Å²) in [6.07, 6.45) is 1.32. The quantitative estimate of drug-likeness (QED) is 0.567. The predicted octanol–water partition coefficient (Wildman–Crippen LogP) is 1.54. The van der Waals surface area contributed by atoms with Gasteiger partial charge in [0, 0.05) is 6.61 Å². The number of esters is 2. The molecule has 0 bridgehead atoms. The van der Waals surface area contributed by atoms with E-state index in [1.165, 1.54) is 14.2 Å². The fourth-order valence-electron chi connectivity index (χ4n) is 2.68. The molecule has 1 saturated heterocycles. The van der Waals surface area contributed by atoms with Gasteiger partial charge in [-0.25, -0.2) is 0 Å². The van der Waals surface area contributed by atoms with Gasteiger partial charge < -0.3 is 14.2 Å². The van der Waals surface area contributed by atoms with E-state index in [1.807, 2.05) is 13.8 Å². The normalized spacial score (nSPS) is 27.1. The lowest BCUT2D eigenvalue weighted by atomic mass is 9.74. The van der Waals surface area contributed by atoms with Crippen LogP contribution in [-0.4, -0.2) is 38.9 Å². The first-order valence-corrected chi connectivity index (χ1v) is 6.31. The van der Waals surface area contributed by atoms with Gasteiger partial charge in [-0.2, -0.15) is 0 Å². The molecule has 5 heteroatoms.